The third kappa shape index (κ3) is 5.64. The molecule has 0 radical (unpaired) electrons. The second-order valence-electron chi connectivity index (χ2n) is 7.79. The van der Waals surface area contributed by atoms with Crippen molar-refractivity contribution in [3.8, 4) is 11.4 Å². The number of rotatable bonds is 8. The molecule has 7 N–H and O–H groups in total. The Kier molecular flexibility index (Phi) is 7.11. The standard InChI is InChI=1S/C21H26N8O3/c1-11(2)9-14(16(22)30)27-21-28-19(15(17(23)31)20(32)29-21)26-13-6-3-5-12(10-13)18-24-7-4-8-25-18/h3-8,10-11,14-15,21,27H,9H2,1-2H3,(H2,22,30)(H2,23,31)(H,26,28)(H,29,32). The van der Waals surface area contributed by atoms with E-state index in [2.05, 4.69) is 30.9 Å². The molecule has 1 aliphatic heterocycles. The predicted octanol–water partition coefficient (Wildman–Crippen LogP) is -0.0415. The highest BCUT2D eigenvalue weighted by Crippen LogP contribution is 2.20. The molecular weight excluding hydrogens is 412 g/mol. The van der Waals surface area contributed by atoms with Gasteiger partial charge in [-0.15, -0.1) is 0 Å². The van der Waals surface area contributed by atoms with Gasteiger partial charge in [-0.2, -0.15) is 0 Å². The molecule has 3 unspecified atom stereocenters. The molecule has 2 heterocycles. The molecule has 168 valence electrons. The lowest BCUT2D eigenvalue weighted by Gasteiger charge is -2.30. The van der Waals surface area contributed by atoms with Crippen LogP contribution in [-0.2, 0) is 14.4 Å². The van der Waals surface area contributed by atoms with Crippen LogP contribution < -0.4 is 27.4 Å². The smallest absolute Gasteiger partial charge is 0.242 e. The molecule has 11 nitrogen and oxygen atoms in total. The second kappa shape index (κ2) is 9.96. The molecule has 1 aliphatic rings. The Balaban J connectivity index is 1.88. The van der Waals surface area contributed by atoms with Crippen LogP contribution in [0.15, 0.2) is 47.7 Å². The number of nitrogens with one attached hydrogen (secondary N) is 3. The van der Waals surface area contributed by atoms with Crippen molar-refractivity contribution in [2.45, 2.75) is 32.6 Å². The highest BCUT2D eigenvalue weighted by molar-refractivity contribution is 6.23. The molecule has 0 spiro atoms. The van der Waals surface area contributed by atoms with Gasteiger partial charge in [-0.3, -0.25) is 19.7 Å². The Morgan fingerprint density at radius 1 is 1.16 bits per heavy atom. The average molecular weight is 438 g/mol. The van der Waals surface area contributed by atoms with Crippen molar-refractivity contribution < 1.29 is 14.4 Å². The van der Waals surface area contributed by atoms with E-state index in [0.29, 0.717) is 17.9 Å². The first-order valence-electron chi connectivity index (χ1n) is 10.1. The summed E-state index contributed by atoms with van der Waals surface area (Å²) in [6.07, 6.45) is 2.75. The predicted molar refractivity (Wildman–Crippen MR) is 119 cm³/mol. The fourth-order valence-electron chi connectivity index (χ4n) is 3.30. The Hall–Kier alpha value is -3.86. The first-order chi connectivity index (χ1) is 15.2. The summed E-state index contributed by atoms with van der Waals surface area (Å²) in [6.45, 7) is 3.89. The van der Waals surface area contributed by atoms with Crippen LogP contribution in [0.5, 0.6) is 0 Å². The van der Waals surface area contributed by atoms with Crippen molar-refractivity contribution in [1.82, 2.24) is 20.6 Å². The van der Waals surface area contributed by atoms with Gasteiger partial charge in [0, 0.05) is 23.6 Å². The van der Waals surface area contributed by atoms with Crippen LogP contribution in [0.3, 0.4) is 0 Å². The summed E-state index contributed by atoms with van der Waals surface area (Å²) in [5, 5.41) is 8.48. The number of carbonyl (C=O) groups is 3. The Bertz CT molecular complexity index is 1020. The number of nitrogens with zero attached hydrogens (tertiary/aromatic N) is 3. The van der Waals surface area contributed by atoms with E-state index < -0.39 is 36.0 Å². The lowest BCUT2D eigenvalue weighted by Crippen LogP contribution is -2.60. The van der Waals surface area contributed by atoms with Crippen molar-refractivity contribution in [2.24, 2.45) is 28.3 Å². The number of anilines is 1. The SMILES string of the molecule is CC(C)CC(NC1N=C(Nc2cccc(-c3ncccn3)c2)C(C(N)=O)C(=O)N1)C(N)=O. The van der Waals surface area contributed by atoms with Gasteiger partial charge in [-0.25, -0.2) is 15.0 Å². The number of nitrogens with two attached hydrogens (primary N) is 2. The van der Waals surface area contributed by atoms with Gasteiger partial charge < -0.3 is 22.1 Å². The van der Waals surface area contributed by atoms with E-state index in [1.54, 1.807) is 36.7 Å². The van der Waals surface area contributed by atoms with Crippen molar-refractivity contribution in [3.05, 3.63) is 42.7 Å². The van der Waals surface area contributed by atoms with Gasteiger partial charge in [-0.1, -0.05) is 26.0 Å². The maximum atomic E-state index is 12.6. The van der Waals surface area contributed by atoms with Crippen LogP contribution in [0.25, 0.3) is 11.4 Å². The Labute approximate surface area is 185 Å². The molecule has 1 aromatic carbocycles. The fraction of sp³-hybridized carbons (Fsp3) is 0.333. The minimum absolute atomic E-state index is 0.0534. The highest BCUT2D eigenvalue weighted by atomic mass is 16.2. The van der Waals surface area contributed by atoms with Crippen molar-refractivity contribution in [1.29, 1.82) is 0 Å². The normalized spacial score (nSPS) is 19.1. The number of amidine groups is 1. The molecule has 2 aromatic rings. The van der Waals surface area contributed by atoms with E-state index in [1.807, 2.05) is 19.9 Å². The molecule has 11 heteroatoms. The number of primary amides is 2. The Morgan fingerprint density at radius 2 is 1.88 bits per heavy atom. The molecule has 32 heavy (non-hydrogen) atoms. The van der Waals surface area contributed by atoms with Crippen molar-refractivity contribution >= 4 is 29.2 Å². The monoisotopic (exact) mass is 438 g/mol. The molecule has 1 aromatic heterocycles. The fourth-order valence-corrected chi connectivity index (χ4v) is 3.30. The highest BCUT2D eigenvalue weighted by Gasteiger charge is 2.37. The van der Waals surface area contributed by atoms with Gasteiger partial charge in [0.25, 0.3) is 0 Å². The topological polar surface area (TPSA) is 177 Å². The molecule has 3 atom stereocenters. The van der Waals surface area contributed by atoms with Crippen molar-refractivity contribution in [3.63, 3.8) is 0 Å². The van der Waals surface area contributed by atoms with E-state index in [1.165, 1.54) is 0 Å². The van der Waals surface area contributed by atoms with Crippen LogP contribution in [0.2, 0.25) is 0 Å². The molecular formula is C21H26N8O3. The number of benzene rings is 1. The van der Waals surface area contributed by atoms with Crippen LogP contribution in [0, 0.1) is 11.8 Å². The summed E-state index contributed by atoms with van der Waals surface area (Å²) in [6, 6.07) is 8.11. The van der Waals surface area contributed by atoms with Gasteiger partial charge in [-0.05, 0) is 30.5 Å². The van der Waals surface area contributed by atoms with Gasteiger partial charge in [0.1, 0.15) is 5.84 Å². The third-order valence-electron chi connectivity index (χ3n) is 4.74. The van der Waals surface area contributed by atoms with Gasteiger partial charge in [0.05, 0.1) is 6.04 Å². The van der Waals surface area contributed by atoms with Crippen LogP contribution >= 0.6 is 0 Å². The lowest BCUT2D eigenvalue weighted by molar-refractivity contribution is -0.132. The lowest BCUT2D eigenvalue weighted by atomic mass is 10.0. The van der Waals surface area contributed by atoms with Crippen molar-refractivity contribution in [2.75, 3.05) is 5.32 Å². The summed E-state index contributed by atoms with van der Waals surface area (Å²) >= 11 is 0. The maximum Gasteiger partial charge on any atom is 0.242 e. The number of amides is 3. The summed E-state index contributed by atoms with van der Waals surface area (Å²) < 4.78 is 0. The first kappa shape index (κ1) is 22.8. The summed E-state index contributed by atoms with van der Waals surface area (Å²) in [7, 11) is 0. The number of aliphatic imine (C=N–C) groups is 1. The number of aromatic nitrogens is 2. The molecule has 0 aliphatic carbocycles. The van der Waals surface area contributed by atoms with E-state index in [-0.39, 0.29) is 11.8 Å². The van der Waals surface area contributed by atoms with E-state index in [4.69, 9.17) is 11.5 Å². The zero-order valence-corrected chi connectivity index (χ0v) is 17.8. The van der Waals surface area contributed by atoms with Crippen LogP contribution in [0.1, 0.15) is 20.3 Å². The quantitative estimate of drug-likeness (QED) is 0.359. The molecule has 0 fully saturated rings. The molecule has 3 rings (SSSR count). The van der Waals surface area contributed by atoms with E-state index in [9.17, 15) is 14.4 Å². The van der Waals surface area contributed by atoms with E-state index in [0.717, 1.165) is 5.56 Å². The van der Waals surface area contributed by atoms with E-state index >= 15 is 0 Å². The zero-order chi connectivity index (χ0) is 23.3. The first-order valence-corrected chi connectivity index (χ1v) is 10.1. The van der Waals surface area contributed by atoms with Gasteiger partial charge >= 0.3 is 0 Å². The average Bonchev–Trinajstić information content (AvgIpc) is 2.73. The minimum atomic E-state index is -1.32. The number of hydrogen-bond donors (Lipinski definition) is 5. The largest absolute Gasteiger partial charge is 0.369 e. The Morgan fingerprint density at radius 3 is 2.50 bits per heavy atom. The maximum absolute atomic E-state index is 12.6. The minimum Gasteiger partial charge on any atom is -0.369 e. The summed E-state index contributed by atoms with van der Waals surface area (Å²) in [5.41, 5.74) is 12.2. The summed E-state index contributed by atoms with van der Waals surface area (Å²) in [5.74, 6) is -2.62. The zero-order valence-electron chi connectivity index (χ0n) is 17.8. The molecule has 3 amide bonds. The van der Waals surface area contributed by atoms with Crippen LogP contribution in [-0.4, -0.2) is 45.9 Å². The number of hydrogen-bond acceptors (Lipinski definition) is 8. The molecule has 0 saturated heterocycles. The van der Waals surface area contributed by atoms with Gasteiger partial charge in [0.15, 0.2) is 18.0 Å². The molecule has 0 bridgehead atoms. The second-order valence-corrected chi connectivity index (χ2v) is 7.79. The third-order valence-corrected chi connectivity index (χ3v) is 4.74. The molecule has 0 saturated carbocycles. The summed E-state index contributed by atoms with van der Waals surface area (Å²) in [4.78, 5) is 49.2. The van der Waals surface area contributed by atoms with Crippen LogP contribution in [0.4, 0.5) is 5.69 Å². The number of carbonyl (C=O) groups excluding carboxylic acids is 3. The van der Waals surface area contributed by atoms with Gasteiger partial charge in [0.2, 0.25) is 17.7 Å².